The number of thiophene rings is 1. The number of carbonyl (C=O) groups excluding carboxylic acids is 1. The number of benzene rings is 1. The molecule has 1 nitrogen and oxygen atoms in total. The monoisotopic (exact) mass is 266 g/mol. The quantitative estimate of drug-likeness (QED) is 0.757. The average Bonchev–Trinajstić information content (AvgIpc) is 2.70. The molecule has 1 aromatic heterocycles. The Morgan fingerprint density at radius 2 is 2.00 bits per heavy atom. The van der Waals surface area contributed by atoms with Gasteiger partial charge in [-0.2, -0.15) is 11.3 Å². The molecule has 1 heterocycles. The van der Waals surface area contributed by atoms with E-state index in [-0.39, 0.29) is 5.78 Å². The zero-order chi connectivity index (χ0) is 9.97. The van der Waals surface area contributed by atoms with Crippen molar-refractivity contribution in [2.45, 2.75) is 0 Å². The number of rotatable bonds is 2. The van der Waals surface area contributed by atoms with Crippen LogP contribution >= 0.6 is 27.3 Å². The van der Waals surface area contributed by atoms with Gasteiger partial charge in [0, 0.05) is 21.0 Å². The van der Waals surface area contributed by atoms with E-state index in [1.54, 1.807) is 0 Å². The fraction of sp³-hybridized carbons (Fsp3) is 0. The summed E-state index contributed by atoms with van der Waals surface area (Å²) in [6.07, 6.45) is 0. The molecule has 0 bridgehead atoms. The molecule has 3 heteroatoms. The third kappa shape index (κ3) is 1.79. The van der Waals surface area contributed by atoms with E-state index in [0.717, 1.165) is 10.0 Å². The minimum absolute atomic E-state index is 0.0683. The molecule has 0 aliphatic rings. The molecular weight excluding hydrogens is 260 g/mol. The van der Waals surface area contributed by atoms with Crippen LogP contribution < -0.4 is 0 Å². The van der Waals surface area contributed by atoms with Crippen molar-refractivity contribution < 1.29 is 4.79 Å². The van der Waals surface area contributed by atoms with Crippen LogP contribution in [-0.4, -0.2) is 5.78 Å². The maximum atomic E-state index is 11.9. The first kappa shape index (κ1) is 9.62. The lowest BCUT2D eigenvalue weighted by molar-refractivity contribution is 0.103. The molecule has 0 fully saturated rings. The third-order valence-corrected chi connectivity index (χ3v) is 3.28. The van der Waals surface area contributed by atoms with Crippen LogP contribution in [0.3, 0.4) is 0 Å². The highest BCUT2D eigenvalue weighted by Gasteiger charge is 2.11. The van der Waals surface area contributed by atoms with Gasteiger partial charge in [0.1, 0.15) is 0 Å². The fourth-order valence-corrected chi connectivity index (χ4v) is 2.30. The number of hydrogen-bond donors (Lipinski definition) is 0. The normalized spacial score (nSPS) is 10.1. The Bertz CT molecular complexity index is 448. The topological polar surface area (TPSA) is 17.1 Å². The van der Waals surface area contributed by atoms with Crippen LogP contribution in [0.5, 0.6) is 0 Å². The lowest BCUT2D eigenvalue weighted by Gasteiger charge is -2.00. The fourth-order valence-electron chi connectivity index (χ4n) is 1.19. The second-order valence-corrected chi connectivity index (χ2v) is 4.46. The van der Waals surface area contributed by atoms with Crippen LogP contribution in [0, 0.1) is 0 Å². The maximum absolute atomic E-state index is 11.9. The van der Waals surface area contributed by atoms with E-state index in [9.17, 15) is 4.79 Å². The van der Waals surface area contributed by atoms with Gasteiger partial charge in [-0.1, -0.05) is 28.1 Å². The molecule has 14 heavy (non-hydrogen) atoms. The average molecular weight is 267 g/mol. The molecule has 0 saturated heterocycles. The van der Waals surface area contributed by atoms with Crippen molar-refractivity contribution in [3.63, 3.8) is 0 Å². The summed E-state index contributed by atoms with van der Waals surface area (Å²) in [5.41, 5.74) is 1.47. The second kappa shape index (κ2) is 4.07. The van der Waals surface area contributed by atoms with Gasteiger partial charge < -0.3 is 0 Å². The predicted molar refractivity (Wildman–Crippen MR) is 61.9 cm³/mol. The van der Waals surface area contributed by atoms with E-state index in [4.69, 9.17) is 0 Å². The van der Waals surface area contributed by atoms with Gasteiger partial charge in [-0.15, -0.1) is 0 Å². The first-order valence-corrected chi connectivity index (χ1v) is 5.84. The summed E-state index contributed by atoms with van der Waals surface area (Å²) in [4.78, 5) is 11.9. The smallest absolute Gasteiger partial charge is 0.194 e. The summed E-state index contributed by atoms with van der Waals surface area (Å²) in [6.45, 7) is 0. The summed E-state index contributed by atoms with van der Waals surface area (Å²) < 4.78 is 0.844. The number of ketones is 1. The van der Waals surface area contributed by atoms with Crippen LogP contribution in [-0.2, 0) is 0 Å². The van der Waals surface area contributed by atoms with Gasteiger partial charge >= 0.3 is 0 Å². The van der Waals surface area contributed by atoms with Crippen LogP contribution in [0.1, 0.15) is 15.9 Å². The lowest BCUT2D eigenvalue weighted by Crippen LogP contribution is -1.99. The molecule has 0 atom stereocenters. The van der Waals surface area contributed by atoms with Crippen molar-refractivity contribution in [2.24, 2.45) is 0 Å². The van der Waals surface area contributed by atoms with E-state index < -0.39 is 0 Å². The largest absolute Gasteiger partial charge is 0.289 e. The Morgan fingerprint density at radius 3 is 2.64 bits per heavy atom. The summed E-state index contributed by atoms with van der Waals surface area (Å²) >= 11 is 4.90. The minimum atomic E-state index is 0.0683. The van der Waals surface area contributed by atoms with E-state index in [1.165, 1.54) is 11.3 Å². The molecule has 0 amide bonds. The van der Waals surface area contributed by atoms with Crippen LogP contribution in [0.15, 0.2) is 45.6 Å². The van der Waals surface area contributed by atoms with E-state index in [0.29, 0.717) is 5.56 Å². The molecule has 1 aromatic carbocycles. The Hall–Kier alpha value is -0.930. The molecule has 0 unspecified atom stereocenters. The van der Waals surface area contributed by atoms with Crippen LogP contribution in [0.2, 0.25) is 0 Å². The van der Waals surface area contributed by atoms with Crippen LogP contribution in [0.4, 0.5) is 0 Å². The van der Waals surface area contributed by atoms with Gasteiger partial charge in [0.15, 0.2) is 5.78 Å². The zero-order valence-corrected chi connectivity index (χ0v) is 9.64. The molecule has 0 aliphatic heterocycles. The maximum Gasteiger partial charge on any atom is 0.194 e. The number of halogens is 1. The van der Waals surface area contributed by atoms with Gasteiger partial charge in [0.05, 0.1) is 0 Å². The van der Waals surface area contributed by atoms with Crippen molar-refractivity contribution in [1.82, 2.24) is 0 Å². The number of carbonyl (C=O) groups is 1. The molecule has 2 rings (SSSR count). The SMILES string of the molecule is O=C(c1ccsc1)c1ccccc1Br. The first-order valence-electron chi connectivity index (χ1n) is 4.10. The van der Waals surface area contributed by atoms with Gasteiger partial charge in [0.25, 0.3) is 0 Å². The lowest BCUT2D eigenvalue weighted by atomic mass is 10.1. The van der Waals surface area contributed by atoms with Crippen molar-refractivity contribution in [3.8, 4) is 0 Å². The third-order valence-electron chi connectivity index (χ3n) is 1.90. The van der Waals surface area contributed by atoms with E-state index in [2.05, 4.69) is 15.9 Å². The van der Waals surface area contributed by atoms with Gasteiger partial charge in [0.2, 0.25) is 0 Å². The van der Waals surface area contributed by atoms with E-state index >= 15 is 0 Å². The summed E-state index contributed by atoms with van der Waals surface area (Å²) in [5.74, 6) is 0.0683. The predicted octanol–water partition coefficient (Wildman–Crippen LogP) is 3.74. The molecule has 0 saturated carbocycles. The zero-order valence-electron chi connectivity index (χ0n) is 7.24. The first-order chi connectivity index (χ1) is 6.79. The molecule has 70 valence electrons. The molecule has 2 aromatic rings. The van der Waals surface area contributed by atoms with E-state index in [1.807, 2.05) is 41.1 Å². The molecule has 0 radical (unpaired) electrons. The molecule has 0 N–H and O–H groups in total. The van der Waals surface area contributed by atoms with Crippen molar-refractivity contribution in [1.29, 1.82) is 0 Å². The van der Waals surface area contributed by atoms with Gasteiger partial charge in [-0.05, 0) is 23.6 Å². The van der Waals surface area contributed by atoms with Crippen LogP contribution in [0.25, 0.3) is 0 Å². The summed E-state index contributed by atoms with van der Waals surface area (Å²) in [6, 6.07) is 9.30. The second-order valence-electron chi connectivity index (χ2n) is 2.82. The van der Waals surface area contributed by atoms with Crippen molar-refractivity contribution in [2.75, 3.05) is 0 Å². The minimum Gasteiger partial charge on any atom is -0.289 e. The Balaban J connectivity index is 2.42. The Morgan fingerprint density at radius 1 is 1.21 bits per heavy atom. The Labute approximate surface area is 94.5 Å². The highest BCUT2D eigenvalue weighted by Crippen LogP contribution is 2.20. The molecule has 0 spiro atoms. The number of hydrogen-bond acceptors (Lipinski definition) is 2. The van der Waals surface area contributed by atoms with Crippen molar-refractivity contribution >= 4 is 33.0 Å². The molecule has 0 aliphatic carbocycles. The highest BCUT2D eigenvalue weighted by molar-refractivity contribution is 9.10. The Kier molecular flexibility index (Phi) is 2.79. The highest BCUT2D eigenvalue weighted by atomic mass is 79.9. The van der Waals surface area contributed by atoms with Gasteiger partial charge in [-0.3, -0.25) is 4.79 Å². The molecular formula is C11H7BrOS. The van der Waals surface area contributed by atoms with Gasteiger partial charge in [-0.25, -0.2) is 0 Å². The standard InChI is InChI=1S/C11H7BrOS/c12-10-4-2-1-3-9(10)11(13)8-5-6-14-7-8/h1-7H. The summed E-state index contributed by atoms with van der Waals surface area (Å²) in [7, 11) is 0. The summed E-state index contributed by atoms with van der Waals surface area (Å²) in [5, 5.41) is 3.77. The van der Waals surface area contributed by atoms with Crippen molar-refractivity contribution in [3.05, 3.63) is 56.7 Å².